The number of carbonyl (C=O) groups is 1. The maximum atomic E-state index is 12.5. The van der Waals surface area contributed by atoms with Crippen LogP contribution in [-0.4, -0.2) is 39.8 Å². The third kappa shape index (κ3) is 3.73. The summed E-state index contributed by atoms with van der Waals surface area (Å²) in [7, 11) is -0.739. The van der Waals surface area contributed by atoms with Crippen LogP contribution in [0.1, 0.15) is 59.6 Å². The van der Waals surface area contributed by atoms with Gasteiger partial charge in [0.05, 0.1) is 16.1 Å². The molecule has 0 spiro atoms. The van der Waals surface area contributed by atoms with Gasteiger partial charge in [-0.3, -0.25) is 15.0 Å². The summed E-state index contributed by atoms with van der Waals surface area (Å²) in [6, 6.07) is 2.99. The summed E-state index contributed by atoms with van der Waals surface area (Å²) < 4.78 is 17.7. The summed E-state index contributed by atoms with van der Waals surface area (Å²) >= 11 is 0. The van der Waals surface area contributed by atoms with Crippen molar-refractivity contribution in [1.82, 2.24) is 4.90 Å². The molecule has 0 bridgehead atoms. The standard InChI is InChI=1S/C19H27BN2O6/c1-17(2,3)26-16(23)21-10-12-8-13(22(24)25)9-15(14(12)11-21)20-27-18(4,5)19(6,7)28-20/h8-9H,10-11H2,1-7H3. The first kappa shape index (κ1) is 20.6. The van der Waals surface area contributed by atoms with Gasteiger partial charge in [0.15, 0.2) is 0 Å². The summed E-state index contributed by atoms with van der Waals surface area (Å²) in [5.74, 6) is 0. The first-order chi connectivity index (χ1) is 12.7. The van der Waals surface area contributed by atoms with E-state index in [2.05, 4.69) is 0 Å². The van der Waals surface area contributed by atoms with E-state index in [0.29, 0.717) is 17.6 Å². The lowest BCUT2D eigenvalue weighted by Crippen LogP contribution is -2.41. The SMILES string of the molecule is CC(C)(C)OC(=O)N1Cc2cc([N+](=O)[O-])cc(B3OC(C)(C)C(C)(C)O3)c2C1. The van der Waals surface area contributed by atoms with Crippen molar-refractivity contribution < 1.29 is 23.8 Å². The Kier molecular flexibility index (Phi) is 4.75. The number of amides is 1. The van der Waals surface area contributed by atoms with Crippen LogP contribution in [0.3, 0.4) is 0 Å². The van der Waals surface area contributed by atoms with Gasteiger partial charge < -0.3 is 14.0 Å². The van der Waals surface area contributed by atoms with E-state index in [0.717, 1.165) is 5.56 Å². The van der Waals surface area contributed by atoms with E-state index in [1.165, 1.54) is 17.0 Å². The lowest BCUT2D eigenvalue weighted by molar-refractivity contribution is -0.384. The molecule has 9 heteroatoms. The van der Waals surface area contributed by atoms with Crippen molar-refractivity contribution in [2.75, 3.05) is 0 Å². The van der Waals surface area contributed by atoms with Crippen LogP contribution >= 0.6 is 0 Å². The molecule has 0 N–H and O–H groups in total. The number of nitro groups is 1. The van der Waals surface area contributed by atoms with Crippen LogP contribution in [0.4, 0.5) is 10.5 Å². The van der Waals surface area contributed by atoms with Gasteiger partial charge in [-0.15, -0.1) is 0 Å². The van der Waals surface area contributed by atoms with Gasteiger partial charge in [-0.1, -0.05) is 0 Å². The van der Waals surface area contributed by atoms with Crippen molar-refractivity contribution in [2.45, 2.75) is 78.4 Å². The lowest BCUT2D eigenvalue weighted by Gasteiger charge is -2.32. The second-order valence-corrected chi connectivity index (χ2v) is 9.35. The largest absolute Gasteiger partial charge is 0.495 e. The molecule has 28 heavy (non-hydrogen) atoms. The summed E-state index contributed by atoms with van der Waals surface area (Å²) in [4.78, 5) is 25.0. The average molecular weight is 390 g/mol. The average Bonchev–Trinajstić information content (AvgIpc) is 3.03. The molecule has 2 heterocycles. The molecule has 0 radical (unpaired) electrons. The number of rotatable bonds is 2. The van der Waals surface area contributed by atoms with Crippen LogP contribution < -0.4 is 5.46 Å². The van der Waals surface area contributed by atoms with Crippen LogP contribution in [0.2, 0.25) is 0 Å². The van der Waals surface area contributed by atoms with Gasteiger partial charge >= 0.3 is 13.2 Å². The van der Waals surface area contributed by atoms with E-state index in [1.807, 2.05) is 27.7 Å². The fraction of sp³-hybridized carbons (Fsp3) is 0.632. The maximum absolute atomic E-state index is 12.5. The van der Waals surface area contributed by atoms with Gasteiger partial charge in [0.25, 0.3) is 5.69 Å². The van der Waals surface area contributed by atoms with Gasteiger partial charge in [0.2, 0.25) is 0 Å². The molecule has 1 saturated heterocycles. The number of fused-ring (bicyclic) bond motifs is 1. The monoisotopic (exact) mass is 390 g/mol. The first-order valence-electron chi connectivity index (χ1n) is 9.34. The zero-order chi connectivity index (χ0) is 21.1. The minimum atomic E-state index is -0.739. The molecule has 0 saturated carbocycles. The number of non-ortho nitro benzene ring substituents is 1. The molecule has 2 aliphatic heterocycles. The van der Waals surface area contributed by atoms with E-state index in [1.54, 1.807) is 20.8 Å². The van der Waals surface area contributed by atoms with Crippen LogP contribution in [0, 0.1) is 10.1 Å². The summed E-state index contributed by atoms with van der Waals surface area (Å²) in [6.45, 7) is 13.7. The van der Waals surface area contributed by atoms with Crippen molar-refractivity contribution >= 4 is 24.4 Å². The van der Waals surface area contributed by atoms with Crippen molar-refractivity contribution in [3.05, 3.63) is 33.4 Å². The summed E-state index contributed by atoms with van der Waals surface area (Å²) in [6.07, 6.45) is -0.453. The zero-order valence-corrected chi connectivity index (χ0v) is 17.5. The third-order valence-electron chi connectivity index (χ3n) is 5.44. The quantitative estimate of drug-likeness (QED) is 0.438. The number of benzene rings is 1. The van der Waals surface area contributed by atoms with E-state index in [9.17, 15) is 14.9 Å². The molecule has 0 atom stereocenters. The number of carbonyl (C=O) groups excluding carboxylic acids is 1. The fourth-order valence-corrected chi connectivity index (χ4v) is 3.27. The number of hydrogen-bond donors (Lipinski definition) is 0. The van der Waals surface area contributed by atoms with Gasteiger partial charge in [-0.25, -0.2) is 4.79 Å². The number of nitrogens with zero attached hydrogens (tertiary/aromatic N) is 2. The smallest absolute Gasteiger partial charge is 0.444 e. The Hall–Kier alpha value is -2.13. The second-order valence-electron chi connectivity index (χ2n) is 9.35. The predicted octanol–water partition coefficient (Wildman–Crippen LogP) is 3.14. The van der Waals surface area contributed by atoms with Crippen LogP contribution in [0.25, 0.3) is 0 Å². The predicted molar refractivity (Wildman–Crippen MR) is 104 cm³/mol. The van der Waals surface area contributed by atoms with E-state index < -0.39 is 34.9 Å². The molecule has 8 nitrogen and oxygen atoms in total. The molecular weight excluding hydrogens is 363 g/mol. The highest BCUT2D eigenvalue weighted by molar-refractivity contribution is 6.62. The number of hydrogen-bond acceptors (Lipinski definition) is 6. The topological polar surface area (TPSA) is 91.1 Å². The Balaban J connectivity index is 1.96. The summed E-state index contributed by atoms with van der Waals surface area (Å²) in [5.41, 5.74) is 0.312. The molecule has 152 valence electrons. The third-order valence-corrected chi connectivity index (χ3v) is 5.44. The molecule has 0 unspecified atom stereocenters. The van der Waals surface area contributed by atoms with E-state index in [4.69, 9.17) is 14.0 Å². The molecule has 0 aliphatic carbocycles. The lowest BCUT2D eigenvalue weighted by atomic mass is 9.75. The van der Waals surface area contributed by atoms with Gasteiger partial charge in [0.1, 0.15) is 5.60 Å². The minimum absolute atomic E-state index is 0.0468. The molecule has 0 aromatic heterocycles. The highest BCUT2D eigenvalue weighted by atomic mass is 16.7. The van der Waals surface area contributed by atoms with Gasteiger partial charge in [-0.2, -0.15) is 0 Å². The number of nitro benzene ring substituents is 1. The van der Waals surface area contributed by atoms with Crippen LogP contribution in [0.15, 0.2) is 12.1 Å². The van der Waals surface area contributed by atoms with Crippen molar-refractivity contribution in [3.8, 4) is 0 Å². The Bertz CT molecular complexity index is 814. The Labute approximate surface area is 165 Å². The zero-order valence-electron chi connectivity index (χ0n) is 17.5. The normalized spacial score (nSPS) is 20.2. The second kappa shape index (κ2) is 6.45. The van der Waals surface area contributed by atoms with Gasteiger partial charge in [0, 0.05) is 25.2 Å². The molecule has 1 aromatic rings. The highest BCUT2D eigenvalue weighted by Gasteiger charge is 2.53. The molecular formula is C19H27BN2O6. The van der Waals surface area contributed by atoms with Gasteiger partial charge in [-0.05, 0) is 65.1 Å². The number of ether oxygens (including phenoxy) is 1. The molecule has 2 aliphatic rings. The highest BCUT2D eigenvalue weighted by Crippen LogP contribution is 2.38. The molecule has 1 amide bonds. The Morgan fingerprint density at radius 3 is 2.25 bits per heavy atom. The maximum Gasteiger partial charge on any atom is 0.495 e. The van der Waals surface area contributed by atoms with E-state index >= 15 is 0 Å². The first-order valence-corrected chi connectivity index (χ1v) is 9.34. The van der Waals surface area contributed by atoms with Crippen molar-refractivity contribution in [3.63, 3.8) is 0 Å². The van der Waals surface area contributed by atoms with Crippen molar-refractivity contribution in [1.29, 1.82) is 0 Å². The van der Waals surface area contributed by atoms with Crippen molar-refractivity contribution in [2.24, 2.45) is 0 Å². The Morgan fingerprint density at radius 2 is 1.75 bits per heavy atom. The van der Waals surface area contributed by atoms with Crippen LogP contribution in [0.5, 0.6) is 0 Å². The Morgan fingerprint density at radius 1 is 1.18 bits per heavy atom. The van der Waals surface area contributed by atoms with E-state index in [-0.39, 0.29) is 12.2 Å². The fourth-order valence-electron chi connectivity index (χ4n) is 3.27. The molecule has 1 fully saturated rings. The van der Waals surface area contributed by atoms with Crippen LogP contribution in [-0.2, 0) is 27.1 Å². The molecule has 3 rings (SSSR count). The summed E-state index contributed by atoms with van der Waals surface area (Å²) in [5, 5.41) is 11.4. The minimum Gasteiger partial charge on any atom is -0.444 e. The molecule has 1 aromatic carbocycles.